The fraction of sp³-hybridized carbons (Fsp3) is 0.222. The van der Waals surface area contributed by atoms with Crippen molar-refractivity contribution in [3.63, 3.8) is 0 Å². The van der Waals surface area contributed by atoms with Gasteiger partial charge >= 0.3 is 0 Å². The second-order valence-corrected chi connectivity index (χ2v) is 2.95. The fourth-order valence-electron chi connectivity index (χ4n) is 0.981. The number of alkyl halides is 2. The summed E-state index contributed by atoms with van der Waals surface area (Å²) >= 11 is 11.3. The molecule has 1 aromatic rings. The molecular formula is C9H7Cl2N. The lowest BCUT2D eigenvalue weighted by Gasteiger charge is -1.99. The summed E-state index contributed by atoms with van der Waals surface area (Å²) in [7, 11) is 0. The predicted molar refractivity (Wildman–Crippen MR) is 50.3 cm³/mol. The SMILES string of the molecule is N#Cc1cc(CCl)cc(CCl)c1. The largest absolute Gasteiger partial charge is 0.192 e. The molecule has 0 aliphatic rings. The fourth-order valence-corrected chi connectivity index (χ4v) is 1.29. The van der Waals surface area contributed by atoms with Crippen LogP contribution in [-0.2, 0) is 11.8 Å². The molecule has 0 aromatic heterocycles. The number of nitriles is 1. The molecule has 1 nitrogen and oxygen atoms in total. The molecule has 0 atom stereocenters. The van der Waals surface area contributed by atoms with Crippen molar-refractivity contribution in [2.24, 2.45) is 0 Å². The van der Waals surface area contributed by atoms with Crippen molar-refractivity contribution in [3.05, 3.63) is 34.9 Å². The highest BCUT2D eigenvalue weighted by atomic mass is 35.5. The number of rotatable bonds is 2. The van der Waals surface area contributed by atoms with Crippen LogP contribution in [0.3, 0.4) is 0 Å². The zero-order chi connectivity index (χ0) is 8.97. The van der Waals surface area contributed by atoms with Crippen LogP contribution in [0.1, 0.15) is 16.7 Å². The minimum Gasteiger partial charge on any atom is -0.192 e. The Morgan fingerprint density at radius 1 is 1.08 bits per heavy atom. The van der Waals surface area contributed by atoms with E-state index in [2.05, 4.69) is 6.07 Å². The standard InChI is InChI=1S/C9H7Cl2N/c10-4-7-1-8(5-11)3-9(2-7)6-12/h1-3H,4-5H2. The molecular weight excluding hydrogens is 193 g/mol. The maximum atomic E-state index is 8.64. The first-order chi connectivity index (χ1) is 5.80. The molecule has 62 valence electrons. The Hall–Kier alpha value is -0.710. The first-order valence-electron chi connectivity index (χ1n) is 3.45. The van der Waals surface area contributed by atoms with Gasteiger partial charge in [-0.2, -0.15) is 5.26 Å². The van der Waals surface area contributed by atoms with Crippen LogP contribution >= 0.6 is 23.2 Å². The minimum absolute atomic E-state index is 0.416. The van der Waals surface area contributed by atoms with Gasteiger partial charge < -0.3 is 0 Å². The van der Waals surface area contributed by atoms with Gasteiger partial charge in [-0.3, -0.25) is 0 Å². The van der Waals surface area contributed by atoms with E-state index in [1.165, 1.54) is 0 Å². The van der Waals surface area contributed by atoms with Crippen LogP contribution in [0.4, 0.5) is 0 Å². The first kappa shape index (κ1) is 9.38. The maximum Gasteiger partial charge on any atom is 0.0991 e. The molecule has 0 amide bonds. The van der Waals surface area contributed by atoms with E-state index in [1.807, 2.05) is 6.07 Å². The average Bonchev–Trinajstić information content (AvgIpc) is 2.16. The topological polar surface area (TPSA) is 23.8 Å². The van der Waals surface area contributed by atoms with E-state index in [0.717, 1.165) is 11.1 Å². The van der Waals surface area contributed by atoms with Crippen molar-refractivity contribution in [2.75, 3.05) is 0 Å². The third kappa shape index (κ3) is 2.14. The third-order valence-electron chi connectivity index (χ3n) is 1.49. The van der Waals surface area contributed by atoms with Crippen LogP contribution < -0.4 is 0 Å². The molecule has 0 saturated carbocycles. The molecule has 0 saturated heterocycles. The Morgan fingerprint density at radius 2 is 1.58 bits per heavy atom. The number of nitrogens with zero attached hydrogens (tertiary/aromatic N) is 1. The summed E-state index contributed by atoms with van der Waals surface area (Å²) < 4.78 is 0. The maximum absolute atomic E-state index is 8.64. The van der Waals surface area contributed by atoms with E-state index in [0.29, 0.717) is 17.3 Å². The summed E-state index contributed by atoms with van der Waals surface area (Å²) in [5, 5.41) is 8.64. The van der Waals surface area contributed by atoms with Crippen LogP contribution in [-0.4, -0.2) is 0 Å². The molecule has 1 aromatic carbocycles. The monoisotopic (exact) mass is 199 g/mol. The average molecular weight is 200 g/mol. The molecule has 0 unspecified atom stereocenters. The molecule has 0 bridgehead atoms. The van der Waals surface area contributed by atoms with Crippen molar-refractivity contribution in [2.45, 2.75) is 11.8 Å². The van der Waals surface area contributed by atoms with Gasteiger partial charge in [0.15, 0.2) is 0 Å². The van der Waals surface area contributed by atoms with Crippen LogP contribution in [0, 0.1) is 11.3 Å². The molecule has 0 fully saturated rings. The van der Waals surface area contributed by atoms with Crippen LogP contribution in [0.5, 0.6) is 0 Å². The highest BCUT2D eigenvalue weighted by Crippen LogP contribution is 2.13. The van der Waals surface area contributed by atoms with Crippen molar-refractivity contribution >= 4 is 23.2 Å². The summed E-state index contributed by atoms with van der Waals surface area (Å²) in [4.78, 5) is 0. The molecule has 0 radical (unpaired) electrons. The van der Waals surface area contributed by atoms with E-state index < -0.39 is 0 Å². The third-order valence-corrected chi connectivity index (χ3v) is 2.11. The van der Waals surface area contributed by atoms with Gasteiger partial charge in [-0.15, -0.1) is 23.2 Å². The number of hydrogen-bond donors (Lipinski definition) is 0. The van der Waals surface area contributed by atoms with Crippen molar-refractivity contribution in [3.8, 4) is 6.07 Å². The second kappa shape index (κ2) is 4.35. The summed E-state index contributed by atoms with van der Waals surface area (Å²) in [5.74, 6) is 0.832. The molecule has 1 rings (SSSR count). The summed E-state index contributed by atoms with van der Waals surface area (Å²) in [5.41, 5.74) is 2.49. The van der Waals surface area contributed by atoms with Crippen molar-refractivity contribution < 1.29 is 0 Å². The molecule has 0 N–H and O–H groups in total. The predicted octanol–water partition coefficient (Wildman–Crippen LogP) is 3.04. The summed E-state index contributed by atoms with van der Waals surface area (Å²) in [6.45, 7) is 0. The van der Waals surface area contributed by atoms with E-state index in [9.17, 15) is 0 Å². The number of hydrogen-bond acceptors (Lipinski definition) is 1. The van der Waals surface area contributed by atoms with Crippen molar-refractivity contribution in [1.29, 1.82) is 5.26 Å². The Morgan fingerprint density at radius 3 is 1.92 bits per heavy atom. The van der Waals surface area contributed by atoms with Gasteiger partial charge in [-0.1, -0.05) is 6.07 Å². The van der Waals surface area contributed by atoms with Gasteiger partial charge in [-0.25, -0.2) is 0 Å². The first-order valence-corrected chi connectivity index (χ1v) is 4.52. The quantitative estimate of drug-likeness (QED) is 0.673. The molecule has 0 aliphatic heterocycles. The minimum atomic E-state index is 0.416. The lowest BCUT2D eigenvalue weighted by Crippen LogP contribution is -1.86. The van der Waals surface area contributed by atoms with Crippen LogP contribution in [0.25, 0.3) is 0 Å². The Kier molecular flexibility index (Phi) is 3.40. The highest BCUT2D eigenvalue weighted by Gasteiger charge is 1.98. The van der Waals surface area contributed by atoms with E-state index in [-0.39, 0.29) is 0 Å². The lowest BCUT2D eigenvalue weighted by molar-refractivity contribution is 1.30. The van der Waals surface area contributed by atoms with Gasteiger partial charge in [0.1, 0.15) is 0 Å². The number of benzene rings is 1. The van der Waals surface area contributed by atoms with E-state index >= 15 is 0 Å². The smallest absolute Gasteiger partial charge is 0.0991 e. The second-order valence-electron chi connectivity index (χ2n) is 2.42. The van der Waals surface area contributed by atoms with Crippen molar-refractivity contribution in [1.82, 2.24) is 0 Å². The van der Waals surface area contributed by atoms with Gasteiger partial charge in [0.2, 0.25) is 0 Å². The number of halogens is 2. The Labute approximate surface area is 81.5 Å². The van der Waals surface area contributed by atoms with Crippen LogP contribution in [0.2, 0.25) is 0 Å². The zero-order valence-corrected chi connectivity index (χ0v) is 7.86. The highest BCUT2D eigenvalue weighted by molar-refractivity contribution is 6.17. The Balaban J connectivity index is 3.12. The summed E-state index contributed by atoms with van der Waals surface area (Å²) in [6, 6.07) is 7.50. The van der Waals surface area contributed by atoms with Gasteiger partial charge in [0.05, 0.1) is 11.6 Å². The van der Waals surface area contributed by atoms with E-state index in [1.54, 1.807) is 12.1 Å². The molecule has 3 heteroatoms. The van der Waals surface area contributed by atoms with Gasteiger partial charge in [0, 0.05) is 11.8 Å². The van der Waals surface area contributed by atoms with E-state index in [4.69, 9.17) is 28.5 Å². The molecule has 0 spiro atoms. The van der Waals surface area contributed by atoms with Gasteiger partial charge in [-0.05, 0) is 23.3 Å². The van der Waals surface area contributed by atoms with Gasteiger partial charge in [0.25, 0.3) is 0 Å². The molecule has 0 aliphatic carbocycles. The lowest BCUT2D eigenvalue weighted by atomic mass is 10.1. The zero-order valence-electron chi connectivity index (χ0n) is 6.35. The molecule has 0 heterocycles. The normalized spacial score (nSPS) is 9.42. The Bertz CT molecular complexity index is 293. The molecule has 12 heavy (non-hydrogen) atoms. The summed E-state index contributed by atoms with van der Waals surface area (Å²) in [6.07, 6.45) is 0. The van der Waals surface area contributed by atoms with Crippen LogP contribution in [0.15, 0.2) is 18.2 Å².